The highest BCUT2D eigenvalue weighted by Gasteiger charge is 2.20. The van der Waals surface area contributed by atoms with E-state index >= 15 is 0 Å². The molecule has 2 aromatic carbocycles. The van der Waals surface area contributed by atoms with E-state index in [1.165, 1.54) is 0 Å². The fourth-order valence-electron chi connectivity index (χ4n) is 3.15. The van der Waals surface area contributed by atoms with Crippen molar-refractivity contribution in [1.29, 1.82) is 0 Å². The minimum atomic E-state index is -0.177. The van der Waals surface area contributed by atoms with Gasteiger partial charge in [0.05, 0.1) is 27.4 Å². The molecule has 0 radical (unpaired) electrons. The van der Waals surface area contributed by atoms with Crippen LogP contribution in [-0.2, 0) is 0 Å². The summed E-state index contributed by atoms with van der Waals surface area (Å²) in [5.74, 6) is 2.29. The van der Waals surface area contributed by atoms with Gasteiger partial charge in [-0.25, -0.2) is 0 Å². The number of carbonyl (C=O) groups excluding carboxylic acids is 1. The summed E-state index contributed by atoms with van der Waals surface area (Å²) in [6.07, 6.45) is 3.30. The SMILES string of the molecule is CCOc1ccc2c(C(=O)c3cc(OC)c(OCC(C)C)c(OC)c3)cncc2c1. The fraction of sp³-hybridized carbons (Fsp3) is 0.333. The van der Waals surface area contributed by atoms with E-state index in [1.807, 2.05) is 25.1 Å². The molecular weight excluding hydrogens is 382 g/mol. The van der Waals surface area contributed by atoms with Crippen LogP contribution in [0.25, 0.3) is 10.8 Å². The van der Waals surface area contributed by atoms with Crippen LogP contribution in [0.2, 0.25) is 0 Å². The summed E-state index contributed by atoms with van der Waals surface area (Å²) in [5.41, 5.74) is 0.930. The average Bonchev–Trinajstić information content (AvgIpc) is 2.76. The number of carbonyl (C=O) groups is 1. The van der Waals surface area contributed by atoms with Crippen molar-refractivity contribution in [2.45, 2.75) is 20.8 Å². The molecule has 0 spiro atoms. The lowest BCUT2D eigenvalue weighted by molar-refractivity contribution is 0.103. The van der Waals surface area contributed by atoms with E-state index in [0.29, 0.717) is 47.5 Å². The van der Waals surface area contributed by atoms with Crippen molar-refractivity contribution in [2.75, 3.05) is 27.4 Å². The molecule has 0 N–H and O–H groups in total. The monoisotopic (exact) mass is 409 g/mol. The Morgan fingerprint density at radius 3 is 2.30 bits per heavy atom. The van der Waals surface area contributed by atoms with Crippen LogP contribution < -0.4 is 18.9 Å². The van der Waals surface area contributed by atoms with E-state index < -0.39 is 0 Å². The van der Waals surface area contributed by atoms with Gasteiger partial charge >= 0.3 is 0 Å². The zero-order valence-corrected chi connectivity index (χ0v) is 18.0. The second-order valence-electron chi connectivity index (χ2n) is 7.25. The van der Waals surface area contributed by atoms with Gasteiger partial charge in [-0.2, -0.15) is 0 Å². The van der Waals surface area contributed by atoms with Gasteiger partial charge in [-0.3, -0.25) is 9.78 Å². The quantitative estimate of drug-likeness (QED) is 0.468. The maximum atomic E-state index is 13.4. The van der Waals surface area contributed by atoms with Gasteiger partial charge in [-0.05, 0) is 48.6 Å². The Bertz CT molecular complexity index is 1020. The fourth-order valence-corrected chi connectivity index (χ4v) is 3.15. The van der Waals surface area contributed by atoms with Crippen LogP contribution in [-0.4, -0.2) is 38.2 Å². The largest absolute Gasteiger partial charge is 0.494 e. The number of hydrogen-bond acceptors (Lipinski definition) is 6. The Morgan fingerprint density at radius 1 is 1.00 bits per heavy atom. The highest BCUT2D eigenvalue weighted by atomic mass is 16.5. The number of hydrogen-bond donors (Lipinski definition) is 0. The topological polar surface area (TPSA) is 66.9 Å². The predicted octanol–water partition coefficient (Wildman–Crippen LogP) is 4.92. The maximum Gasteiger partial charge on any atom is 0.203 e. The Hall–Kier alpha value is -3.28. The Balaban J connectivity index is 2.04. The molecule has 6 nitrogen and oxygen atoms in total. The molecule has 0 aliphatic carbocycles. The second-order valence-corrected chi connectivity index (χ2v) is 7.25. The van der Waals surface area contributed by atoms with E-state index in [2.05, 4.69) is 18.8 Å². The first-order valence-electron chi connectivity index (χ1n) is 9.92. The number of pyridine rings is 1. The molecule has 0 saturated heterocycles. The first-order valence-corrected chi connectivity index (χ1v) is 9.92. The third-order valence-electron chi connectivity index (χ3n) is 4.57. The zero-order valence-electron chi connectivity index (χ0n) is 18.0. The first kappa shape index (κ1) is 21.4. The number of rotatable bonds is 9. The van der Waals surface area contributed by atoms with Crippen LogP contribution in [0.3, 0.4) is 0 Å². The Morgan fingerprint density at radius 2 is 1.70 bits per heavy atom. The third-order valence-corrected chi connectivity index (χ3v) is 4.57. The summed E-state index contributed by atoms with van der Waals surface area (Å²) in [5, 5.41) is 1.64. The van der Waals surface area contributed by atoms with Crippen molar-refractivity contribution in [3.8, 4) is 23.0 Å². The second kappa shape index (κ2) is 9.48. The van der Waals surface area contributed by atoms with Crippen molar-refractivity contribution in [3.63, 3.8) is 0 Å². The summed E-state index contributed by atoms with van der Waals surface area (Å²) < 4.78 is 22.4. The average molecular weight is 409 g/mol. The van der Waals surface area contributed by atoms with Gasteiger partial charge in [0.15, 0.2) is 17.3 Å². The van der Waals surface area contributed by atoms with Gasteiger partial charge in [-0.1, -0.05) is 13.8 Å². The third kappa shape index (κ3) is 4.48. The molecule has 0 amide bonds. The minimum absolute atomic E-state index is 0.177. The van der Waals surface area contributed by atoms with E-state index in [4.69, 9.17) is 18.9 Å². The van der Waals surface area contributed by atoms with E-state index in [0.717, 1.165) is 16.5 Å². The zero-order chi connectivity index (χ0) is 21.7. The molecule has 158 valence electrons. The predicted molar refractivity (Wildman–Crippen MR) is 116 cm³/mol. The van der Waals surface area contributed by atoms with Crippen molar-refractivity contribution in [3.05, 3.63) is 53.9 Å². The van der Waals surface area contributed by atoms with Crippen LogP contribution in [0.1, 0.15) is 36.7 Å². The lowest BCUT2D eigenvalue weighted by Crippen LogP contribution is -2.09. The molecule has 0 unspecified atom stereocenters. The molecule has 0 bridgehead atoms. The standard InChI is InChI=1S/C24H27NO5/c1-6-29-18-7-8-19-17(9-18)12-25-13-20(19)23(26)16-10-21(27-4)24(22(11-16)28-5)30-14-15(2)3/h7-13,15H,6,14H2,1-5H3. The molecule has 1 aromatic heterocycles. The van der Waals surface area contributed by atoms with E-state index in [-0.39, 0.29) is 5.78 Å². The number of aromatic nitrogens is 1. The highest BCUT2D eigenvalue weighted by Crippen LogP contribution is 2.39. The molecule has 0 atom stereocenters. The molecule has 1 heterocycles. The van der Waals surface area contributed by atoms with Gasteiger partial charge in [0, 0.05) is 28.9 Å². The van der Waals surface area contributed by atoms with Gasteiger partial charge < -0.3 is 18.9 Å². The molecule has 30 heavy (non-hydrogen) atoms. The lowest BCUT2D eigenvalue weighted by Gasteiger charge is -2.17. The normalized spacial score (nSPS) is 10.9. The summed E-state index contributed by atoms with van der Waals surface area (Å²) in [4.78, 5) is 17.6. The summed E-state index contributed by atoms with van der Waals surface area (Å²) in [6.45, 7) is 7.12. The molecule has 0 aliphatic rings. The van der Waals surface area contributed by atoms with Crippen LogP contribution in [0, 0.1) is 5.92 Å². The van der Waals surface area contributed by atoms with Crippen LogP contribution in [0.4, 0.5) is 0 Å². The van der Waals surface area contributed by atoms with Crippen LogP contribution >= 0.6 is 0 Å². The van der Waals surface area contributed by atoms with Gasteiger partial charge in [0.2, 0.25) is 5.75 Å². The van der Waals surface area contributed by atoms with Crippen molar-refractivity contribution < 1.29 is 23.7 Å². The Labute approximate surface area is 176 Å². The lowest BCUT2D eigenvalue weighted by atomic mass is 9.99. The maximum absolute atomic E-state index is 13.4. The number of ether oxygens (including phenoxy) is 4. The minimum Gasteiger partial charge on any atom is -0.494 e. The molecule has 3 rings (SSSR count). The summed E-state index contributed by atoms with van der Waals surface area (Å²) in [7, 11) is 3.08. The van der Waals surface area contributed by atoms with Crippen LogP contribution in [0.15, 0.2) is 42.7 Å². The molecule has 0 fully saturated rings. The first-order chi connectivity index (χ1) is 14.5. The number of ketones is 1. The van der Waals surface area contributed by atoms with Crippen molar-refractivity contribution >= 4 is 16.6 Å². The van der Waals surface area contributed by atoms with E-state index in [9.17, 15) is 4.79 Å². The number of nitrogens with zero attached hydrogens (tertiary/aromatic N) is 1. The van der Waals surface area contributed by atoms with Crippen LogP contribution in [0.5, 0.6) is 23.0 Å². The number of benzene rings is 2. The van der Waals surface area contributed by atoms with Gasteiger partial charge in [-0.15, -0.1) is 0 Å². The number of fused-ring (bicyclic) bond motifs is 1. The molecule has 3 aromatic rings. The van der Waals surface area contributed by atoms with Crippen molar-refractivity contribution in [2.24, 2.45) is 5.92 Å². The highest BCUT2D eigenvalue weighted by molar-refractivity contribution is 6.16. The summed E-state index contributed by atoms with van der Waals surface area (Å²) >= 11 is 0. The molecular formula is C24H27NO5. The molecule has 6 heteroatoms. The Kier molecular flexibility index (Phi) is 6.77. The van der Waals surface area contributed by atoms with Crippen molar-refractivity contribution in [1.82, 2.24) is 4.98 Å². The number of methoxy groups -OCH3 is 2. The van der Waals surface area contributed by atoms with Gasteiger partial charge in [0.25, 0.3) is 0 Å². The molecule has 0 saturated carbocycles. The van der Waals surface area contributed by atoms with Gasteiger partial charge in [0.1, 0.15) is 5.75 Å². The smallest absolute Gasteiger partial charge is 0.203 e. The molecule has 0 aliphatic heterocycles. The van der Waals surface area contributed by atoms with E-state index in [1.54, 1.807) is 38.7 Å². The summed E-state index contributed by atoms with van der Waals surface area (Å²) in [6, 6.07) is 8.96.